The van der Waals surface area contributed by atoms with E-state index in [1.165, 1.54) is 6.08 Å². The number of imidazole rings is 1. The van der Waals surface area contributed by atoms with Crippen molar-refractivity contribution in [1.29, 1.82) is 0 Å². The summed E-state index contributed by atoms with van der Waals surface area (Å²) in [5.74, 6) is -0.0873. The van der Waals surface area contributed by atoms with E-state index >= 15 is 0 Å². The number of benzene rings is 1. The van der Waals surface area contributed by atoms with E-state index in [2.05, 4.69) is 10.6 Å². The fourth-order valence-electron chi connectivity index (χ4n) is 2.29. The molecule has 19 heavy (non-hydrogen) atoms. The number of aryl methyl sites for hydroxylation is 2. The molecular formula is C13H14N4O2. The number of carbonyl (C=O) groups excluding carboxylic acids is 1. The van der Waals surface area contributed by atoms with Gasteiger partial charge in [-0.15, -0.1) is 0 Å². The Hall–Kier alpha value is -2.50. The van der Waals surface area contributed by atoms with Crippen LogP contribution in [0.25, 0.3) is 11.0 Å². The summed E-state index contributed by atoms with van der Waals surface area (Å²) in [7, 11) is 3.49. The minimum absolute atomic E-state index is 0.0518. The summed E-state index contributed by atoms with van der Waals surface area (Å²) in [5, 5.41) is 5.87. The molecule has 0 aliphatic carbocycles. The second kappa shape index (κ2) is 4.01. The van der Waals surface area contributed by atoms with Crippen LogP contribution < -0.4 is 16.3 Å². The Bertz CT molecular complexity index is 767. The Labute approximate surface area is 109 Å². The van der Waals surface area contributed by atoms with Gasteiger partial charge in [0.25, 0.3) is 0 Å². The summed E-state index contributed by atoms with van der Waals surface area (Å²) in [6.45, 7) is 0.505. The summed E-state index contributed by atoms with van der Waals surface area (Å²) < 4.78 is 3.21. The molecular weight excluding hydrogens is 244 g/mol. The van der Waals surface area contributed by atoms with E-state index in [0.717, 1.165) is 22.4 Å². The maximum atomic E-state index is 11.8. The zero-order chi connectivity index (χ0) is 13.6. The van der Waals surface area contributed by atoms with Gasteiger partial charge in [0, 0.05) is 31.6 Å². The lowest BCUT2D eigenvalue weighted by atomic mass is 10.2. The van der Waals surface area contributed by atoms with Crippen molar-refractivity contribution in [2.45, 2.75) is 0 Å². The monoisotopic (exact) mass is 258 g/mol. The van der Waals surface area contributed by atoms with Gasteiger partial charge in [-0.05, 0) is 18.2 Å². The molecule has 3 rings (SSSR count). The highest BCUT2D eigenvalue weighted by molar-refractivity contribution is 5.92. The maximum Gasteiger partial charge on any atom is 0.328 e. The molecule has 0 radical (unpaired) electrons. The molecule has 1 aromatic carbocycles. The quantitative estimate of drug-likeness (QED) is 0.814. The van der Waals surface area contributed by atoms with Crippen molar-refractivity contribution in [1.82, 2.24) is 14.5 Å². The molecule has 1 amide bonds. The van der Waals surface area contributed by atoms with E-state index < -0.39 is 0 Å². The smallest absolute Gasteiger partial charge is 0.328 e. The number of nitrogens with zero attached hydrogens (tertiary/aromatic N) is 2. The molecule has 0 saturated heterocycles. The summed E-state index contributed by atoms with van der Waals surface area (Å²) in [5.41, 5.74) is 3.37. The standard InChI is InChI=1S/C13H14N4O2/c1-16-10-4-3-8(5-11(10)17(2)13(16)19)15-9-6-12(18)14-7-9/h3-6,15H,7H2,1-2H3,(H,14,18). The van der Waals surface area contributed by atoms with Gasteiger partial charge in [-0.1, -0.05) is 0 Å². The van der Waals surface area contributed by atoms with Crippen molar-refractivity contribution < 1.29 is 4.79 Å². The predicted molar refractivity (Wildman–Crippen MR) is 72.9 cm³/mol. The second-order valence-electron chi connectivity index (χ2n) is 4.62. The number of rotatable bonds is 2. The third kappa shape index (κ3) is 1.81. The van der Waals surface area contributed by atoms with E-state index in [-0.39, 0.29) is 11.6 Å². The number of fused-ring (bicyclic) bond motifs is 1. The van der Waals surface area contributed by atoms with E-state index in [1.54, 1.807) is 23.2 Å². The fraction of sp³-hybridized carbons (Fsp3) is 0.231. The predicted octanol–water partition coefficient (Wildman–Crippen LogP) is 0.303. The average molecular weight is 258 g/mol. The number of carbonyl (C=O) groups is 1. The van der Waals surface area contributed by atoms with Gasteiger partial charge in [0.05, 0.1) is 17.6 Å². The van der Waals surface area contributed by atoms with Crippen LogP contribution in [-0.4, -0.2) is 21.6 Å². The minimum Gasteiger partial charge on any atom is -0.357 e. The van der Waals surface area contributed by atoms with Gasteiger partial charge in [0.2, 0.25) is 5.91 Å². The third-order valence-corrected chi connectivity index (χ3v) is 3.34. The van der Waals surface area contributed by atoms with Crippen molar-refractivity contribution in [2.24, 2.45) is 14.1 Å². The molecule has 98 valence electrons. The van der Waals surface area contributed by atoms with Crippen molar-refractivity contribution in [2.75, 3.05) is 11.9 Å². The Morgan fingerprint density at radius 3 is 2.58 bits per heavy atom. The Morgan fingerprint density at radius 2 is 1.89 bits per heavy atom. The summed E-state index contributed by atoms with van der Waals surface area (Å²) in [6.07, 6.45) is 1.54. The van der Waals surface area contributed by atoms with Crippen LogP contribution in [0.3, 0.4) is 0 Å². The first-order valence-electron chi connectivity index (χ1n) is 5.97. The topological polar surface area (TPSA) is 68.1 Å². The SMILES string of the molecule is Cn1c(=O)n(C)c2cc(NC3=CC(=O)NC3)ccc21. The molecule has 2 aromatic rings. The lowest BCUT2D eigenvalue weighted by molar-refractivity contribution is -0.115. The van der Waals surface area contributed by atoms with E-state index in [1.807, 2.05) is 18.2 Å². The van der Waals surface area contributed by atoms with Crippen LogP contribution in [0.5, 0.6) is 0 Å². The summed E-state index contributed by atoms with van der Waals surface area (Å²) in [6, 6.07) is 5.69. The first kappa shape index (κ1) is 11.6. The van der Waals surface area contributed by atoms with Gasteiger partial charge in [-0.25, -0.2) is 4.79 Å². The first-order chi connectivity index (χ1) is 9.06. The Morgan fingerprint density at radius 1 is 1.16 bits per heavy atom. The molecule has 2 heterocycles. The largest absolute Gasteiger partial charge is 0.357 e. The number of nitrogens with one attached hydrogen (secondary N) is 2. The van der Waals surface area contributed by atoms with Gasteiger partial charge >= 0.3 is 5.69 Å². The number of aromatic nitrogens is 2. The molecule has 0 atom stereocenters. The molecule has 0 fully saturated rings. The van der Waals surface area contributed by atoms with Gasteiger partial charge < -0.3 is 10.6 Å². The third-order valence-electron chi connectivity index (χ3n) is 3.34. The van der Waals surface area contributed by atoms with Gasteiger partial charge in [0.1, 0.15) is 0 Å². The number of hydrogen-bond donors (Lipinski definition) is 2. The molecule has 0 saturated carbocycles. The van der Waals surface area contributed by atoms with Crippen LogP contribution in [0.15, 0.2) is 34.8 Å². The molecule has 1 aliphatic heterocycles. The van der Waals surface area contributed by atoms with Crippen molar-refractivity contribution in [3.05, 3.63) is 40.5 Å². The van der Waals surface area contributed by atoms with Crippen LogP contribution in [0, 0.1) is 0 Å². The average Bonchev–Trinajstić information content (AvgIpc) is 2.89. The second-order valence-corrected chi connectivity index (χ2v) is 4.62. The molecule has 2 N–H and O–H groups in total. The Kier molecular flexibility index (Phi) is 2.45. The van der Waals surface area contributed by atoms with Crippen LogP contribution >= 0.6 is 0 Å². The highest BCUT2D eigenvalue weighted by Crippen LogP contribution is 2.19. The normalized spacial score (nSPS) is 14.6. The molecule has 0 spiro atoms. The summed E-state index contributed by atoms with van der Waals surface area (Å²) >= 11 is 0. The van der Waals surface area contributed by atoms with Crippen molar-refractivity contribution in [3.63, 3.8) is 0 Å². The van der Waals surface area contributed by atoms with Gasteiger partial charge in [-0.2, -0.15) is 0 Å². The lowest BCUT2D eigenvalue weighted by Crippen LogP contribution is -2.19. The fourth-order valence-corrected chi connectivity index (χ4v) is 2.29. The molecule has 6 nitrogen and oxygen atoms in total. The lowest BCUT2D eigenvalue weighted by Gasteiger charge is -2.07. The van der Waals surface area contributed by atoms with Crippen molar-refractivity contribution in [3.8, 4) is 0 Å². The van der Waals surface area contributed by atoms with Crippen LogP contribution in [0.1, 0.15) is 0 Å². The van der Waals surface area contributed by atoms with Gasteiger partial charge in [-0.3, -0.25) is 13.9 Å². The van der Waals surface area contributed by atoms with E-state index in [4.69, 9.17) is 0 Å². The molecule has 0 unspecified atom stereocenters. The maximum absolute atomic E-state index is 11.8. The van der Waals surface area contributed by atoms with Crippen LogP contribution in [-0.2, 0) is 18.9 Å². The number of hydrogen-bond acceptors (Lipinski definition) is 3. The van der Waals surface area contributed by atoms with Crippen molar-refractivity contribution >= 4 is 22.6 Å². The van der Waals surface area contributed by atoms with Gasteiger partial charge in [0.15, 0.2) is 0 Å². The molecule has 1 aliphatic rings. The zero-order valence-corrected chi connectivity index (χ0v) is 10.7. The van der Waals surface area contributed by atoms with Crippen LogP contribution in [0.4, 0.5) is 5.69 Å². The summed E-state index contributed by atoms with van der Waals surface area (Å²) in [4.78, 5) is 22.9. The first-order valence-corrected chi connectivity index (χ1v) is 5.97. The Balaban J connectivity index is 2.03. The highest BCUT2D eigenvalue weighted by Gasteiger charge is 2.12. The number of anilines is 1. The van der Waals surface area contributed by atoms with E-state index in [0.29, 0.717) is 6.54 Å². The zero-order valence-electron chi connectivity index (χ0n) is 10.7. The number of amides is 1. The van der Waals surface area contributed by atoms with Crippen LogP contribution in [0.2, 0.25) is 0 Å². The molecule has 6 heteroatoms. The minimum atomic E-state index is -0.0873. The van der Waals surface area contributed by atoms with E-state index in [9.17, 15) is 9.59 Å². The molecule has 0 bridgehead atoms. The highest BCUT2D eigenvalue weighted by atomic mass is 16.2. The molecule has 1 aromatic heterocycles.